The van der Waals surface area contributed by atoms with Crippen molar-refractivity contribution in [1.29, 1.82) is 0 Å². The van der Waals surface area contributed by atoms with Crippen molar-refractivity contribution < 1.29 is 4.52 Å². The summed E-state index contributed by atoms with van der Waals surface area (Å²) in [4.78, 5) is 0. The van der Waals surface area contributed by atoms with E-state index >= 15 is 0 Å². The molecule has 0 amide bonds. The smallest absolute Gasteiger partial charge is 0.170 e. The molecule has 0 aliphatic heterocycles. The van der Waals surface area contributed by atoms with Crippen molar-refractivity contribution in [3.8, 4) is 0 Å². The van der Waals surface area contributed by atoms with Gasteiger partial charge >= 0.3 is 0 Å². The molecule has 4 aliphatic rings. The highest BCUT2D eigenvalue weighted by Gasteiger charge is 2.54. The van der Waals surface area contributed by atoms with Crippen molar-refractivity contribution in [3.05, 3.63) is 11.3 Å². The lowest BCUT2D eigenvalue weighted by atomic mass is 9.48. The van der Waals surface area contributed by atoms with Gasteiger partial charge in [0.1, 0.15) is 5.76 Å². The van der Waals surface area contributed by atoms with Gasteiger partial charge in [0.2, 0.25) is 0 Å². The molecule has 19 heavy (non-hydrogen) atoms. The highest BCUT2D eigenvalue weighted by Crippen LogP contribution is 2.61. The monoisotopic (exact) mass is 260 g/mol. The molecule has 1 aromatic heterocycles. The molecule has 4 fully saturated rings. The average molecular weight is 260 g/mol. The molecule has 4 saturated carbocycles. The number of hydrogen-bond donors (Lipinski definition) is 1. The third-order valence-corrected chi connectivity index (χ3v) is 5.84. The van der Waals surface area contributed by atoms with E-state index in [1.54, 1.807) is 0 Å². The number of hydrogen-bond acceptors (Lipinski definition) is 3. The van der Waals surface area contributed by atoms with E-state index < -0.39 is 0 Å². The zero-order valence-corrected chi connectivity index (χ0v) is 11.8. The maximum absolute atomic E-state index is 6.04. The van der Waals surface area contributed by atoms with Gasteiger partial charge in [-0.05, 0) is 62.7 Å². The zero-order chi connectivity index (χ0) is 13.0. The first-order valence-corrected chi connectivity index (χ1v) is 7.94. The SMILES string of the molecule is CCCc1c(N)noc1C12CC3CC(CC(C3)C1)C2. The summed E-state index contributed by atoms with van der Waals surface area (Å²) in [5, 5.41) is 4.10. The first-order chi connectivity index (χ1) is 9.20. The minimum atomic E-state index is 0.296. The maximum Gasteiger partial charge on any atom is 0.170 e. The van der Waals surface area contributed by atoms with E-state index in [4.69, 9.17) is 10.3 Å². The number of anilines is 1. The van der Waals surface area contributed by atoms with E-state index in [2.05, 4.69) is 12.1 Å². The molecule has 1 aromatic rings. The Morgan fingerprint density at radius 1 is 1.16 bits per heavy atom. The van der Waals surface area contributed by atoms with Crippen molar-refractivity contribution in [1.82, 2.24) is 5.16 Å². The molecule has 0 aromatic carbocycles. The van der Waals surface area contributed by atoms with Gasteiger partial charge < -0.3 is 10.3 Å². The van der Waals surface area contributed by atoms with Crippen molar-refractivity contribution in [2.75, 3.05) is 5.73 Å². The van der Waals surface area contributed by atoms with E-state index in [-0.39, 0.29) is 0 Å². The van der Waals surface area contributed by atoms with Gasteiger partial charge in [0.05, 0.1) is 0 Å². The Kier molecular flexibility index (Phi) is 2.49. The number of nitrogen functional groups attached to an aromatic ring is 1. The van der Waals surface area contributed by atoms with Crippen LogP contribution in [-0.4, -0.2) is 5.16 Å². The Balaban J connectivity index is 1.75. The summed E-state index contributed by atoms with van der Waals surface area (Å²) < 4.78 is 5.76. The molecule has 4 aliphatic carbocycles. The van der Waals surface area contributed by atoms with Crippen LogP contribution in [-0.2, 0) is 11.8 Å². The van der Waals surface area contributed by atoms with Crippen LogP contribution in [0.1, 0.15) is 63.2 Å². The van der Waals surface area contributed by atoms with Crippen LogP contribution in [0.15, 0.2) is 4.52 Å². The van der Waals surface area contributed by atoms with Gasteiger partial charge in [-0.15, -0.1) is 0 Å². The third kappa shape index (κ3) is 1.66. The van der Waals surface area contributed by atoms with Crippen molar-refractivity contribution in [3.63, 3.8) is 0 Å². The molecular formula is C16H24N2O. The highest BCUT2D eigenvalue weighted by atomic mass is 16.5. The van der Waals surface area contributed by atoms with Gasteiger partial charge in [0.15, 0.2) is 5.82 Å². The predicted octanol–water partition coefficient (Wildman–Crippen LogP) is 3.68. The molecule has 5 rings (SSSR count). The van der Waals surface area contributed by atoms with Gasteiger partial charge in [0, 0.05) is 11.0 Å². The number of nitrogens with zero attached hydrogens (tertiary/aromatic N) is 1. The van der Waals surface area contributed by atoms with Gasteiger partial charge in [-0.1, -0.05) is 18.5 Å². The summed E-state index contributed by atoms with van der Waals surface area (Å²) in [5.74, 6) is 4.63. The Labute approximate surface area is 114 Å². The first kappa shape index (κ1) is 11.8. The van der Waals surface area contributed by atoms with Crippen LogP contribution in [0.4, 0.5) is 5.82 Å². The van der Waals surface area contributed by atoms with E-state index in [1.165, 1.54) is 49.8 Å². The Morgan fingerprint density at radius 2 is 1.74 bits per heavy atom. The molecule has 0 atom stereocenters. The van der Waals surface area contributed by atoms with E-state index in [9.17, 15) is 0 Å². The quantitative estimate of drug-likeness (QED) is 0.902. The zero-order valence-electron chi connectivity index (χ0n) is 11.8. The molecule has 0 saturated heterocycles. The van der Waals surface area contributed by atoms with Gasteiger partial charge in [0.25, 0.3) is 0 Å². The van der Waals surface area contributed by atoms with Crippen molar-refractivity contribution in [2.24, 2.45) is 17.8 Å². The lowest BCUT2D eigenvalue weighted by molar-refractivity contribution is -0.0180. The van der Waals surface area contributed by atoms with Crippen LogP contribution in [0.3, 0.4) is 0 Å². The molecule has 3 heteroatoms. The van der Waals surface area contributed by atoms with E-state index in [1.807, 2.05) is 0 Å². The molecule has 0 unspecified atom stereocenters. The topological polar surface area (TPSA) is 52.0 Å². The Hall–Kier alpha value is -0.990. The van der Waals surface area contributed by atoms with Crippen LogP contribution in [0.2, 0.25) is 0 Å². The minimum Gasteiger partial charge on any atom is -0.381 e. The van der Waals surface area contributed by atoms with Gasteiger partial charge in [-0.3, -0.25) is 0 Å². The lowest BCUT2D eigenvalue weighted by Gasteiger charge is -2.55. The second-order valence-electron chi connectivity index (χ2n) is 7.32. The van der Waals surface area contributed by atoms with Crippen LogP contribution >= 0.6 is 0 Å². The second-order valence-corrected chi connectivity index (χ2v) is 7.32. The number of rotatable bonds is 3. The largest absolute Gasteiger partial charge is 0.381 e. The summed E-state index contributed by atoms with van der Waals surface area (Å²) in [5.41, 5.74) is 7.56. The molecule has 0 spiro atoms. The first-order valence-electron chi connectivity index (χ1n) is 7.94. The van der Waals surface area contributed by atoms with Gasteiger partial charge in [-0.2, -0.15) is 0 Å². The van der Waals surface area contributed by atoms with Crippen LogP contribution in [0, 0.1) is 17.8 Å². The molecular weight excluding hydrogens is 236 g/mol. The van der Waals surface area contributed by atoms with E-state index in [0.29, 0.717) is 11.2 Å². The minimum absolute atomic E-state index is 0.296. The fraction of sp³-hybridized carbons (Fsp3) is 0.812. The summed E-state index contributed by atoms with van der Waals surface area (Å²) in [6.45, 7) is 2.20. The average Bonchev–Trinajstić information content (AvgIpc) is 2.70. The number of aromatic nitrogens is 1. The highest BCUT2D eigenvalue weighted by molar-refractivity contribution is 5.44. The standard InChI is InChI=1S/C16H24N2O/c1-2-3-13-14(19-18-15(13)17)16-7-10-4-11(8-16)6-12(5-10)9-16/h10-12H,2-9H2,1H3,(H2,17,18). The van der Waals surface area contributed by atoms with E-state index in [0.717, 1.165) is 30.6 Å². The Bertz CT molecular complexity index is 456. The molecule has 4 bridgehead atoms. The van der Waals surface area contributed by atoms with Crippen LogP contribution < -0.4 is 5.73 Å². The molecule has 1 heterocycles. The van der Waals surface area contributed by atoms with Crippen LogP contribution in [0.25, 0.3) is 0 Å². The lowest BCUT2D eigenvalue weighted by Crippen LogP contribution is -2.48. The predicted molar refractivity (Wildman–Crippen MR) is 74.8 cm³/mol. The summed E-state index contributed by atoms with van der Waals surface area (Å²) >= 11 is 0. The van der Waals surface area contributed by atoms with Crippen molar-refractivity contribution >= 4 is 5.82 Å². The van der Waals surface area contributed by atoms with Crippen molar-refractivity contribution in [2.45, 2.75) is 63.7 Å². The molecule has 3 nitrogen and oxygen atoms in total. The fourth-order valence-corrected chi connectivity index (χ4v) is 5.62. The maximum atomic E-state index is 6.04. The third-order valence-electron chi connectivity index (χ3n) is 5.84. The molecule has 2 N–H and O–H groups in total. The number of nitrogens with two attached hydrogens (primary N) is 1. The van der Waals surface area contributed by atoms with Gasteiger partial charge in [-0.25, -0.2) is 0 Å². The summed E-state index contributed by atoms with van der Waals surface area (Å²) in [6, 6.07) is 0. The summed E-state index contributed by atoms with van der Waals surface area (Å²) in [6.07, 6.45) is 10.5. The molecule has 104 valence electrons. The van der Waals surface area contributed by atoms with Crippen LogP contribution in [0.5, 0.6) is 0 Å². The fourth-order valence-electron chi connectivity index (χ4n) is 5.62. The normalized spacial score (nSPS) is 39.9. The summed E-state index contributed by atoms with van der Waals surface area (Å²) in [7, 11) is 0. The second kappa shape index (κ2) is 4.00. The Morgan fingerprint density at radius 3 is 2.26 bits per heavy atom. The molecule has 0 radical (unpaired) electrons.